The summed E-state index contributed by atoms with van der Waals surface area (Å²) in [7, 11) is 0. The van der Waals surface area contributed by atoms with Crippen molar-refractivity contribution in [1.29, 1.82) is 0 Å². The Hall–Kier alpha value is -0.960. The SMILES string of the molecule is CCC(/C=C\C(=C/N)N1C[C@H](O)CCC12CC2)CC. The van der Waals surface area contributed by atoms with Gasteiger partial charge in [0.1, 0.15) is 0 Å². The molecule has 1 heterocycles. The van der Waals surface area contributed by atoms with Crippen LogP contribution < -0.4 is 5.73 Å². The number of likely N-dealkylation sites (tertiary alicyclic amines) is 1. The molecule has 3 nitrogen and oxygen atoms in total. The zero-order valence-corrected chi connectivity index (χ0v) is 12.3. The van der Waals surface area contributed by atoms with E-state index < -0.39 is 0 Å². The Balaban J connectivity index is 2.08. The first-order valence-corrected chi connectivity index (χ1v) is 7.71. The molecule has 3 heteroatoms. The highest BCUT2D eigenvalue weighted by atomic mass is 16.3. The van der Waals surface area contributed by atoms with Gasteiger partial charge in [-0.05, 0) is 50.5 Å². The molecule has 2 rings (SSSR count). The molecule has 1 saturated heterocycles. The molecule has 0 bridgehead atoms. The van der Waals surface area contributed by atoms with Gasteiger partial charge >= 0.3 is 0 Å². The van der Waals surface area contributed by atoms with E-state index in [9.17, 15) is 5.11 Å². The third kappa shape index (κ3) is 3.14. The van der Waals surface area contributed by atoms with Crippen molar-refractivity contribution in [2.75, 3.05) is 6.54 Å². The molecule has 1 aliphatic carbocycles. The Morgan fingerprint density at radius 1 is 1.37 bits per heavy atom. The molecule has 1 spiro atoms. The fourth-order valence-electron chi connectivity index (χ4n) is 3.14. The van der Waals surface area contributed by atoms with Gasteiger partial charge in [-0.15, -0.1) is 0 Å². The van der Waals surface area contributed by atoms with Crippen LogP contribution in [-0.2, 0) is 0 Å². The van der Waals surface area contributed by atoms with Crippen LogP contribution in [0.2, 0.25) is 0 Å². The lowest BCUT2D eigenvalue weighted by atomic mass is 9.96. The first kappa shape index (κ1) is 14.4. The van der Waals surface area contributed by atoms with Crippen LogP contribution in [0.1, 0.15) is 52.4 Å². The molecule has 0 amide bonds. The van der Waals surface area contributed by atoms with E-state index in [1.54, 1.807) is 6.20 Å². The number of nitrogens with two attached hydrogens (primary N) is 1. The number of β-amino-alcohol motifs (C(OH)–C–C–N with tert-alkyl or cyclic N) is 1. The molecule has 0 aromatic heterocycles. The van der Waals surface area contributed by atoms with E-state index >= 15 is 0 Å². The molecule has 0 aromatic carbocycles. The molecule has 0 aromatic rings. The minimum Gasteiger partial charge on any atom is -0.403 e. The Morgan fingerprint density at radius 2 is 2.05 bits per heavy atom. The van der Waals surface area contributed by atoms with Crippen LogP contribution in [0.25, 0.3) is 0 Å². The molecule has 3 N–H and O–H groups in total. The van der Waals surface area contributed by atoms with Crippen LogP contribution in [0.15, 0.2) is 24.0 Å². The average molecular weight is 264 g/mol. The lowest BCUT2D eigenvalue weighted by molar-refractivity contribution is 0.0479. The maximum atomic E-state index is 9.92. The molecule has 1 aliphatic heterocycles. The summed E-state index contributed by atoms with van der Waals surface area (Å²) in [5.41, 5.74) is 7.22. The van der Waals surface area contributed by atoms with Crippen molar-refractivity contribution >= 4 is 0 Å². The van der Waals surface area contributed by atoms with Gasteiger partial charge in [0.2, 0.25) is 0 Å². The van der Waals surface area contributed by atoms with E-state index in [1.807, 2.05) is 0 Å². The number of nitrogens with zero attached hydrogens (tertiary/aromatic N) is 1. The first-order chi connectivity index (χ1) is 9.15. The van der Waals surface area contributed by atoms with Gasteiger partial charge in [-0.25, -0.2) is 0 Å². The standard InChI is InChI=1S/C16H28N2O/c1-3-13(4-2)5-6-14(11-17)18-12-15(19)7-8-16(18)9-10-16/h5-6,11,13,15,19H,3-4,7-10,12,17H2,1-2H3/b6-5-,14-11+/t15-/m1/s1. The van der Waals surface area contributed by atoms with Gasteiger partial charge in [0.25, 0.3) is 0 Å². The Labute approximate surface area is 117 Å². The number of hydrogen-bond donors (Lipinski definition) is 2. The van der Waals surface area contributed by atoms with E-state index in [2.05, 4.69) is 30.9 Å². The molecule has 0 unspecified atom stereocenters. The van der Waals surface area contributed by atoms with Crippen molar-refractivity contribution < 1.29 is 5.11 Å². The summed E-state index contributed by atoms with van der Waals surface area (Å²) in [6, 6.07) is 0. The number of aliphatic hydroxyl groups excluding tert-OH is 1. The first-order valence-electron chi connectivity index (χ1n) is 7.71. The summed E-state index contributed by atoms with van der Waals surface area (Å²) in [6.45, 7) is 5.17. The largest absolute Gasteiger partial charge is 0.403 e. The minimum absolute atomic E-state index is 0.206. The van der Waals surface area contributed by atoms with Crippen LogP contribution in [-0.4, -0.2) is 28.2 Å². The van der Waals surface area contributed by atoms with Gasteiger partial charge in [0.15, 0.2) is 0 Å². The number of rotatable bonds is 5. The van der Waals surface area contributed by atoms with Crippen LogP contribution in [0.3, 0.4) is 0 Å². The zero-order valence-electron chi connectivity index (χ0n) is 12.3. The van der Waals surface area contributed by atoms with Gasteiger partial charge in [-0.2, -0.15) is 0 Å². The minimum atomic E-state index is -0.206. The molecule has 108 valence electrons. The molecule has 1 saturated carbocycles. The molecular formula is C16H28N2O. The topological polar surface area (TPSA) is 49.5 Å². The Bertz CT molecular complexity index is 354. The quantitative estimate of drug-likeness (QED) is 0.751. The molecule has 19 heavy (non-hydrogen) atoms. The maximum absolute atomic E-state index is 9.92. The number of allylic oxidation sites excluding steroid dienone is 2. The lowest BCUT2D eigenvalue weighted by Gasteiger charge is -2.41. The number of piperidine rings is 1. The lowest BCUT2D eigenvalue weighted by Crippen LogP contribution is -2.46. The van der Waals surface area contributed by atoms with Crippen LogP contribution in [0.5, 0.6) is 0 Å². The van der Waals surface area contributed by atoms with Crippen LogP contribution in [0, 0.1) is 5.92 Å². The van der Waals surface area contributed by atoms with Crippen molar-refractivity contribution in [3.63, 3.8) is 0 Å². The van der Waals surface area contributed by atoms with Crippen molar-refractivity contribution in [1.82, 2.24) is 4.90 Å². The van der Waals surface area contributed by atoms with Gasteiger partial charge in [-0.3, -0.25) is 0 Å². The number of aliphatic hydroxyl groups is 1. The molecule has 2 aliphatic rings. The molecule has 0 radical (unpaired) electrons. The summed E-state index contributed by atoms with van der Waals surface area (Å²) in [6.07, 6.45) is 12.8. The number of hydrogen-bond acceptors (Lipinski definition) is 3. The molecule has 2 fully saturated rings. The smallest absolute Gasteiger partial charge is 0.0716 e. The third-order valence-corrected chi connectivity index (χ3v) is 4.81. The van der Waals surface area contributed by atoms with E-state index in [1.165, 1.54) is 25.7 Å². The van der Waals surface area contributed by atoms with Gasteiger partial charge in [0.05, 0.1) is 11.8 Å². The second-order valence-corrected chi connectivity index (χ2v) is 6.05. The summed E-state index contributed by atoms with van der Waals surface area (Å²) in [5, 5.41) is 9.92. The average Bonchev–Trinajstić information content (AvgIpc) is 3.19. The van der Waals surface area contributed by atoms with Gasteiger partial charge in [0, 0.05) is 18.3 Å². The summed E-state index contributed by atoms with van der Waals surface area (Å²) >= 11 is 0. The fraction of sp³-hybridized carbons (Fsp3) is 0.750. The van der Waals surface area contributed by atoms with Crippen molar-refractivity contribution in [2.24, 2.45) is 11.7 Å². The normalized spacial score (nSPS) is 26.6. The van der Waals surface area contributed by atoms with E-state index in [0.717, 1.165) is 25.1 Å². The van der Waals surface area contributed by atoms with E-state index in [4.69, 9.17) is 5.73 Å². The zero-order chi connectivity index (χ0) is 13.9. The maximum Gasteiger partial charge on any atom is 0.0716 e. The third-order valence-electron chi connectivity index (χ3n) is 4.81. The van der Waals surface area contributed by atoms with E-state index in [0.29, 0.717) is 11.5 Å². The molecule has 1 atom stereocenters. The van der Waals surface area contributed by atoms with Crippen molar-refractivity contribution in [3.8, 4) is 0 Å². The van der Waals surface area contributed by atoms with Crippen LogP contribution in [0.4, 0.5) is 0 Å². The van der Waals surface area contributed by atoms with Crippen molar-refractivity contribution in [3.05, 3.63) is 24.0 Å². The predicted molar refractivity (Wildman–Crippen MR) is 79.4 cm³/mol. The predicted octanol–water partition coefficient (Wildman–Crippen LogP) is 2.77. The Kier molecular flexibility index (Phi) is 4.56. The fourth-order valence-corrected chi connectivity index (χ4v) is 3.14. The monoisotopic (exact) mass is 264 g/mol. The van der Waals surface area contributed by atoms with Gasteiger partial charge in [-0.1, -0.05) is 19.9 Å². The Morgan fingerprint density at radius 3 is 2.58 bits per heavy atom. The molecular weight excluding hydrogens is 236 g/mol. The second-order valence-electron chi connectivity index (χ2n) is 6.05. The summed E-state index contributed by atoms with van der Waals surface area (Å²) in [5.74, 6) is 0.625. The van der Waals surface area contributed by atoms with Gasteiger partial charge < -0.3 is 15.7 Å². The summed E-state index contributed by atoms with van der Waals surface area (Å²) < 4.78 is 0. The van der Waals surface area contributed by atoms with Crippen molar-refractivity contribution in [2.45, 2.75) is 64.0 Å². The highest BCUT2D eigenvalue weighted by molar-refractivity contribution is 5.24. The summed E-state index contributed by atoms with van der Waals surface area (Å²) in [4.78, 5) is 2.35. The van der Waals surface area contributed by atoms with Crippen LogP contribution >= 0.6 is 0 Å². The highest BCUT2D eigenvalue weighted by Gasteiger charge is 2.50. The van der Waals surface area contributed by atoms with E-state index in [-0.39, 0.29) is 6.10 Å². The second kappa shape index (κ2) is 6.00. The highest BCUT2D eigenvalue weighted by Crippen LogP contribution is 2.50.